The lowest BCUT2D eigenvalue weighted by molar-refractivity contribution is -0.111. The van der Waals surface area contributed by atoms with Crippen LogP contribution in [0.15, 0.2) is 90.9 Å². The van der Waals surface area contributed by atoms with E-state index in [1.165, 1.54) is 18.0 Å². The van der Waals surface area contributed by atoms with Gasteiger partial charge in [-0.05, 0) is 35.9 Å². The van der Waals surface area contributed by atoms with Gasteiger partial charge in [0.15, 0.2) is 0 Å². The van der Waals surface area contributed by atoms with Crippen LogP contribution in [-0.4, -0.2) is 31.1 Å². The lowest BCUT2D eigenvalue weighted by atomic mass is 10.00. The first-order valence-corrected chi connectivity index (χ1v) is 12.5. The van der Waals surface area contributed by atoms with Crippen LogP contribution in [0.5, 0.6) is 0 Å². The SMILES string of the molecule is O=C(C=CCl)Nc1cc2c(Nc3cc4n[nH]c(CCc5ccccc5)c4c4ccccc34)ncnc2cn1. The number of pyridine rings is 1. The van der Waals surface area contributed by atoms with Gasteiger partial charge in [0, 0.05) is 39.2 Å². The molecule has 3 heterocycles. The minimum atomic E-state index is -0.378. The molecule has 0 bridgehead atoms. The molecule has 0 unspecified atom stereocenters. The van der Waals surface area contributed by atoms with Crippen molar-refractivity contribution in [3.63, 3.8) is 0 Å². The van der Waals surface area contributed by atoms with Crippen LogP contribution in [0.25, 0.3) is 32.6 Å². The van der Waals surface area contributed by atoms with E-state index < -0.39 is 0 Å². The molecule has 38 heavy (non-hydrogen) atoms. The Labute approximate surface area is 222 Å². The van der Waals surface area contributed by atoms with Crippen molar-refractivity contribution in [3.05, 3.63) is 102 Å². The summed E-state index contributed by atoms with van der Waals surface area (Å²) in [6.07, 6.45) is 6.07. The third kappa shape index (κ3) is 4.65. The number of aromatic nitrogens is 5. The van der Waals surface area contributed by atoms with E-state index in [1.54, 1.807) is 12.3 Å². The Hall–Kier alpha value is -4.82. The lowest BCUT2D eigenvalue weighted by Crippen LogP contribution is -2.09. The summed E-state index contributed by atoms with van der Waals surface area (Å²) in [5, 5.41) is 18.0. The largest absolute Gasteiger partial charge is 0.339 e. The fourth-order valence-corrected chi connectivity index (χ4v) is 4.74. The van der Waals surface area contributed by atoms with Crippen LogP contribution in [0.4, 0.5) is 17.3 Å². The molecule has 3 aromatic heterocycles. The van der Waals surface area contributed by atoms with Crippen molar-refractivity contribution in [1.82, 2.24) is 25.1 Å². The molecule has 3 aromatic carbocycles. The monoisotopic (exact) mass is 519 g/mol. The number of hydrogen-bond donors (Lipinski definition) is 3. The molecule has 186 valence electrons. The number of carbonyl (C=O) groups is 1. The molecule has 8 nitrogen and oxygen atoms in total. The molecule has 0 spiro atoms. The number of nitrogens with zero attached hydrogens (tertiary/aromatic N) is 4. The van der Waals surface area contributed by atoms with Crippen LogP contribution in [0.1, 0.15) is 11.3 Å². The number of nitrogens with one attached hydrogen (secondary N) is 3. The number of rotatable bonds is 7. The van der Waals surface area contributed by atoms with E-state index in [-0.39, 0.29) is 5.91 Å². The molecule has 0 aliphatic heterocycles. The average Bonchev–Trinajstić information content (AvgIpc) is 3.36. The van der Waals surface area contributed by atoms with E-state index in [0.29, 0.717) is 22.5 Å². The summed E-state index contributed by atoms with van der Waals surface area (Å²) < 4.78 is 0. The zero-order valence-electron chi connectivity index (χ0n) is 20.1. The van der Waals surface area contributed by atoms with Gasteiger partial charge in [-0.2, -0.15) is 5.10 Å². The fourth-order valence-electron chi connectivity index (χ4n) is 4.63. The van der Waals surface area contributed by atoms with Crippen molar-refractivity contribution in [2.45, 2.75) is 12.8 Å². The molecule has 0 fully saturated rings. The maximum absolute atomic E-state index is 11.9. The highest BCUT2D eigenvalue weighted by atomic mass is 35.5. The topological polar surface area (TPSA) is 108 Å². The second-order valence-electron chi connectivity index (χ2n) is 8.77. The number of amides is 1. The Bertz CT molecular complexity index is 1810. The summed E-state index contributed by atoms with van der Waals surface area (Å²) in [6, 6.07) is 22.5. The summed E-state index contributed by atoms with van der Waals surface area (Å²) >= 11 is 5.51. The Morgan fingerprint density at radius 2 is 1.71 bits per heavy atom. The van der Waals surface area contributed by atoms with Crippen LogP contribution >= 0.6 is 11.6 Å². The van der Waals surface area contributed by atoms with Crippen molar-refractivity contribution in [1.29, 1.82) is 0 Å². The number of hydrogen-bond acceptors (Lipinski definition) is 6. The number of fused-ring (bicyclic) bond motifs is 4. The highest BCUT2D eigenvalue weighted by molar-refractivity contribution is 6.27. The summed E-state index contributed by atoms with van der Waals surface area (Å²) in [5.41, 5.74) is 5.92. The van der Waals surface area contributed by atoms with Gasteiger partial charge in [0.1, 0.15) is 18.0 Å². The number of benzene rings is 3. The number of aromatic amines is 1. The van der Waals surface area contributed by atoms with Gasteiger partial charge in [-0.15, -0.1) is 0 Å². The first-order chi connectivity index (χ1) is 18.7. The second kappa shape index (κ2) is 10.3. The molecule has 0 aliphatic carbocycles. The second-order valence-corrected chi connectivity index (χ2v) is 9.02. The normalized spacial score (nSPS) is 11.5. The molecule has 6 aromatic rings. The molecule has 0 atom stereocenters. The van der Waals surface area contributed by atoms with E-state index in [4.69, 9.17) is 11.6 Å². The van der Waals surface area contributed by atoms with Gasteiger partial charge >= 0.3 is 0 Å². The van der Waals surface area contributed by atoms with Gasteiger partial charge in [-0.3, -0.25) is 9.89 Å². The molecule has 1 amide bonds. The van der Waals surface area contributed by atoms with Crippen molar-refractivity contribution in [3.8, 4) is 0 Å². The van der Waals surface area contributed by atoms with Gasteiger partial charge in [-0.1, -0.05) is 66.2 Å². The van der Waals surface area contributed by atoms with Gasteiger partial charge < -0.3 is 10.6 Å². The Kier molecular flexibility index (Phi) is 6.37. The lowest BCUT2D eigenvalue weighted by Gasteiger charge is -2.13. The summed E-state index contributed by atoms with van der Waals surface area (Å²) in [7, 11) is 0. The Morgan fingerprint density at radius 3 is 2.55 bits per heavy atom. The van der Waals surface area contributed by atoms with Gasteiger partial charge in [0.2, 0.25) is 5.91 Å². The smallest absolute Gasteiger partial charge is 0.250 e. The third-order valence-electron chi connectivity index (χ3n) is 6.38. The standard InChI is InChI=1S/C29H22ClN7O/c30-13-12-27(38)35-26-14-21-25(16-31-26)32-17-33-29(21)34-23-15-24-28(20-9-5-4-8-19(20)23)22(36-37-24)11-10-18-6-2-1-3-7-18/h1-9,12-17H,10-11H2,(H,36,37)(H,31,35,38)(H,32,33,34). The molecular weight excluding hydrogens is 498 g/mol. The zero-order valence-corrected chi connectivity index (χ0v) is 20.9. The van der Waals surface area contributed by atoms with E-state index >= 15 is 0 Å². The number of aryl methyl sites for hydroxylation is 2. The van der Waals surface area contributed by atoms with Crippen molar-refractivity contribution in [2.75, 3.05) is 10.6 Å². The van der Waals surface area contributed by atoms with Crippen molar-refractivity contribution in [2.24, 2.45) is 0 Å². The van der Waals surface area contributed by atoms with E-state index in [0.717, 1.165) is 51.4 Å². The molecule has 3 N–H and O–H groups in total. The summed E-state index contributed by atoms with van der Waals surface area (Å²) in [6.45, 7) is 0. The molecular formula is C29H22ClN7O. The molecule has 9 heteroatoms. The van der Waals surface area contributed by atoms with Crippen LogP contribution in [0, 0.1) is 0 Å². The van der Waals surface area contributed by atoms with Gasteiger partial charge in [0.05, 0.1) is 17.2 Å². The Balaban J connectivity index is 1.39. The van der Waals surface area contributed by atoms with E-state index in [9.17, 15) is 4.79 Å². The first kappa shape index (κ1) is 23.6. The van der Waals surface area contributed by atoms with Crippen LogP contribution in [0.2, 0.25) is 0 Å². The maximum atomic E-state index is 11.9. The number of carbonyl (C=O) groups excluding carboxylic acids is 1. The predicted molar refractivity (Wildman–Crippen MR) is 152 cm³/mol. The molecule has 6 rings (SSSR count). The van der Waals surface area contributed by atoms with Crippen molar-refractivity contribution >= 4 is 67.4 Å². The van der Waals surface area contributed by atoms with E-state index in [2.05, 4.69) is 72.2 Å². The third-order valence-corrected chi connectivity index (χ3v) is 6.51. The quantitative estimate of drug-likeness (QED) is 0.214. The van der Waals surface area contributed by atoms with Gasteiger partial charge in [0.25, 0.3) is 0 Å². The minimum Gasteiger partial charge on any atom is -0.339 e. The summed E-state index contributed by atoms with van der Waals surface area (Å²) in [5.74, 6) is 0.576. The number of H-pyrrole nitrogens is 1. The number of anilines is 3. The first-order valence-electron chi connectivity index (χ1n) is 12.1. The fraction of sp³-hybridized carbons (Fsp3) is 0.0690. The van der Waals surface area contributed by atoms with E-state index in [1.807, 2.05) is 24.3 Å². The van der Waals surface area contributed by atoms with Crippen LogP contribution < -0.4 is 10.6 Å². The highest BCUT2D eigenvalue weighted by Crippen LogP contribution is 2.35. The maximum Gasteiger partial charge on any atom is 0.250 e. The number of halogens is 1. The van der Waals surface area contributed by atoms with Crippen LogP contribution in [0.3, 0.4) is 0 Å². The molecule has 0 saturated heterocycles. The average molecular weight is 520 g/mol. The van der Waals surface area contributed by atoms with Gasteiger partial charge in [-0.25, -0.2) is 15.0 Å². The predicted octanol–water partition coefficient (Wildman–Crippen LogP) is 6.27. The highest BCUT2D eigenvalue weighted by Gasteiger charge is 2.15. The Morgan fingerprint density at radius 1 is 0.895 bits per heavy atom. The summed E-state index contributed by atoms with van der Waals surface area (Å²) in [4.78, 5) is 25.0. The molecule has 0 radical (unpaired) electrons. The molecule has 0 aliphatic rings. The zero-order chi connectivity index (χ0) is 25.9. The van der Waals surface area contributed by atoms with Crippen molar-refractivity contribution < 1.29 is 4.79 Å². The van der Waals surface area contributed by atoms with Crippen LogP contribution in [-0.2, 0) is 17.6 Å². The molecule has 0 saturated carbocycles. The minimum absolute atomic E-state index is 0.366.